The first-order valence-electron chi connectivity index (χ1n) is 10.5. The van der Waals surface area contributed by atoms with E-state index in [2.05, 4.69) is 14.9 Å². The van der Waals surface area contributed by atoms with Crippen molar-refractivity contribution >= 4 is 17.7 Å². The van der Waals surface area contributed by atoms with E-state index < -0.39 is 17.5 Å². The summed E-state index contributed by atoms with van der Waals surface area (Å²) >= 11 is 0. The Labute approximate surface area is 188 Å². The molecule has 170 valence electrons. The molecule has 0 bridgehead atoms. The normalized spacial score (nSPS) is 19.9. The predicted molar refractivity (Wildman–Crippen MR) is 113 cm³/mol. The molecule has 2 fully saturated rings. The van der Waals surface area contributed by atoms with Crippen LogP contribution in [-0.4, -0.2) is 52.4 Å². The summed E-state index contributed by atoms with van der Waals surface area (Å²) in [5.41, 5.74) is 1.16. The first kappa shape index (κ1) is 20.9. The summed E-state index contributed by atoms with van der Waals surface area (Å²) in [6.07, 6.45) is -0.0569. The summed E-state index contributed by atoms with van der Waals surface area (Å²) < 4.78 is 29.8. The molecule has 0 aliphatic carbocycles. The van der Waals surface area contributed by atoms with Gasteiger partial charge in [0.2, 0.25) is 0 Å². The van der Waals surface area contributed by atoms with E-state index in [9.17, 15) is 14.0 Å². The third-order valence-electron chi connectivity index (χ3n) is 5.92. The fraction of sp³-hybridized carbons (Fsp3) is 0.304. The third kappa shape index (κ3) is 3.99. The number of hydrogen-bond acceptors (Lipinski definition) is 7. The van der Waals surface area contributed by atoms with Crippen LogP contribution in [0.15, 0.2) is 53.2 Å². The largest absolute Gasteiger partial charge is 0.486 e. The Morgan fingerprint density at radius 1 is 1.18 bits per heavy atom. The van der Waals surface area contributed by atoms with E-state index in [1.54, 1.807) is 48.2 Å². The van der Waals surface area contributed by atoms with Crippen LogP contribution in [-0.2, 0) is 11.3 Å². The lowest BCUT2D eigenvalue weighted by molar-refractivity contribution is 0.0551. The molecule has 3 heterocycles. The van der Waals surface area contributed by atoms with Crippen LogP contribution in [0.4, 0.5) is 14.9 Å². The minimum absolute atomic E-state index is 0.115. The van der Waals surface area contributed by atoms with Crippen molar-refractivity contribution in [3.05, 3.63) is 71.3 Å². The van der Waals surface area contributed by atoms with E-state index in [1.165, 1.54) is 17.0 Å². The van der Waals surface area contributed by atoms with Gasteiger partial charge < -0.3 is 14.4 Å². The van der Waals surface area contributed by atoms with Crippen molar-refractivity contribution in [2.24, 2.45) is 0 Å². The SMILES string of the molecule is Cc1nonc1COc1ccccc1C(=O)N1CC[C@@]2(C1)CN(c1cccc(F)c1)C(=O)O2. The van der Waals surface area contributed by atoms with Crippen molar-refractivity contribution < 1.29 is 28.1 Å². The van der Waals surface area contributed by atoms with Crippen LogP contribution in [0.3, 0.4) is 0 Å². The van der Waals surface area contributed by atoms with Crippen molar-refractivity contribution in [2.75, 3.05) is 24.5 Å². The Hall–Kier alpha value is -3.95. The van der Waals surface area contributed by atoms with E-state index in [-0.39, 0.29) is 25.6 Å². The molecule has 0 saturated carbocycles. The molecule has 2 amide bonds. The highest BCUT2D eigenvalue weighted by Crippen LogP contribution is 2.36. The first-order valence-corrected chi connectivity index (χ1v) is 10.5. The topological polar surface area (TPSA) is 98.0 Å². The molecule has 2 aliphatic rings. The first-order chi connectivity index (χ1) is 15.9. The van der Waals surface area contributed by atoms with Crippen molar-refractivity contribution in [2.45, 2.75) is 25.6 Å². The fourth-order valence-corrected chi connectivity index (χ4v) is 4.16. The monoisotopic (exact) mass is 452 g/mol. The second-order valence-corrected chi connectivity index (χ2v) is 8.17. The number of carbonyl (C=O) groups is 2. The summed E-state index contributed by atoms with van der Waals surface area (Å²) in [5, 5.41) is 7.51. The molecule has 9 nitrogen and oxygen atoms in total. The quantitative estimate of drug-likeness (QED) is 0.586. The number of halogens is 1. The maximum atomic E-state index is 13.6. The molecule has 2 saturated heterocycles. The molecule has 0 unspecified atom stereocenters. The number of anilines is 1. The molecule has 0 N–H and O–H groups in total. The molecular formula is C23H21FN4O5. The standard InChI is InChI=1S/C23H21FN4O5/c1-15-19(26-33-25-15)12-31-20-8-3-2-7-18(20)21(29)27-10-9-23(13-27)14-28(22(30)32-23)17-6-4-5-16(24)11-17/h2-8,11H,9-10,12-14H2,1H3/t23-/m1/s1. The Morgan fingerprint density at radius 3 is 2.82 bits per heavy atom. The number of aromatic nitrogens is 2. The molecule has 1 aromatic heterocycles. The van der Waals surface area contributed by atoms with Gasteiger partial charge in [-0.05, 0) is 37.3 Å². The highest BCUT2D eigenvalue weighted by Gasteiger charge is 2.51. The Balaban J connectivity index is 1.30. The Kier molecular flexibility index (Phi) is 5.20. The fourth-order valence-electron chi connectivity index (χ4n) is 4.16. The number of rotatable bonds is 5. The van der Waals surface area contributed by atoms with E-state index in [0.717, 1.165) is 0 Å². The predicted octanol–water partition coefficient (Wildman–Crippen LogP) is 3.34. The summed E-state index contributed by atoms with van der Waals surface area (Å²) in [6.45, 7) is 2.78. The van der Waals surface area contributed by atoms with Crippen molar-refractivity contribution in [1.29, 1.82) is 0 Å². The van der Waals surface area contributed by atoms with E-state index in [1.807, 2.05) is 0 Å². The van der Waals surface area contributed by atoms with Crippen LogP contribution >= 0.6 is 0 Å². The van der Waals surface area contributed by atoms with Crippen molar-refractivity contribution in [3.8, 4) is 5.75 Å². The number of amides is 2. The summed E-state index contributed by atoms with van der Waals surface area (Å²) in [5.74, 6) is -0.244. The van der Waals surface area contributed by atoms with Gasteiger partial charge in [0.25, 0.3) is 5.91 Å². The molecule has 10 heteroatoms. The smallest absolute Gasteiger partial charge is 0.415 e. The lowest BCUT2D eigenvalue weighted by Gasteiger charge is -2.23. The number of carbonyl (C=O) groups excluding carboxylic acids is 2. The van der Waals surface area contributed by atoms with Crippen LogP contribution in [0.2, 0.25) is 0 Å². The summed E-state index contributed by atoms with van der Waals surface area (Å²) in [7, 11) is 0. The summed E-state index contributed by atoms with van der Waals surface area (Å²) in [6, 6.07) is 12.7. The lowest BCUT2D eigenvalue weighted by Crippen LogP contribution is -2.39. The molecule has 1 spiro atoms. The Morgan fingerprint density at radius 2 is 2.03 bits per heavy atom. The molecule has 0 radical (unpaired) electrons. The van der Waals surface area contributed by atoms with Gasteiger partial charge in [-0.2, -0.15) is 0 Å². The number of hydrogen-bond donors (Lipinski definition) is 0. The Bertz CT molecular complexity index is 1210. The van der Waals surface area contributed by atoms with Crippen LogP contribution in [0.1, 0.15) is 28.2 Å². The number of aryl methyl sites for hydroxylation is 1. The van der Waals surface area contributed by atoms with Crippen LogP contribution < -0.4 is 9.64 Å². The van der Waals surface area contributed by atoms with E-state index >= 15 is 0 Å². The molecular weight excluding hydrogens is 431 g/mol. The maximum absolute atomic E-state index is 13.6. The highest BCUT2D eigenvalue weighted by molar-refractivity contribution is 5.97. The van der Waals surface area contributed by atoms with E-state index in [4.69, 9.17) is 9.47 Å². The van der Waals surface area contributed by atoms with Gasteiger partial charge in [0, 0.05) is 13.0 Å². The summed E-state index contributed by atoms with van der Waals surface area (Å²) in [4.78, 5) is 28.9. The molecule has 2 aliphatic heterocycles. The van der Waals surface area contributed by atoms with Gasteiger partial charge in [-0.3, -0.25) is 9.69 Å². The molecule has 5 rings (SSSR count). The highest BCUT2D eigenvalue weighted by atomic mass is 19.1. The van der Waals surface area contributed by atoms with Crippen LogP contribution in [0.5, 0.6) is 5.75 Å². The minimum atomic E-state index is -0.835. The average molecular weight is 452 g/mol. The van der Waals surface area contributed by atoms with Gasteiger partial charge in [0.1, 0.15) is 29.6 Å². The average Bonchev–Trinajstić information content (AvgIpc) is 3.51. The number of benzene rings is 2. The second-order valence-electron chi connectivity index (χ2n) is 8.17. The third-order valence-corrected chi connectivity index (χ3v) is 5.92. The number of ether oxygens (including phenoxy) is 2. The van der Waals surface area contributed by atoms with Gasteiger partial charge in [-0.1, -0.05) is 28.5 Å². The molecule has 3 aromatic rings. The zero-order valence-electron chi connectivity index (χ0n) is 17.9. The van der Waals surface area contributed by atoms with Gasteiger partial charge >= 0.3 is 6.09 Å². The van der Waals surface area contributed by atoms with Crippen molar-refractivity contribution in [3.63, 3.8) is 0 Å². The van der Waals surface area contributed by atoms with Crippen LogP contribution in [0.25, 0.3) is 0 Å². The van der Waals surface area contributed by atoms with Gasteiger partial charge in [0.05, 0.1) is 24.3 Å². The van der Waals surface area contributed by atoms with Crippen LogP contribution in [0, 0.1) is 12.7 Å². The van der Waals surface area contributed by atoms with Gasteiger partial charge in [0.15, 0.2) is 5.60 Å². The molecule has 2 aromatic carbocycles. The lowest BCUT2D eigenvalue weighted by atomic mass is 10.0. The zero-order chi connectivity index (χ0) is 23.0. The number of likely N-dealkylation sites (tertiary alicyclic amines) is 1. The molecule has 33 heavy (non-hydrogen) atoms. The van der Waals surface area contributed by atoms with Crippen molar-refractivity contribution in [1.82, 2.24) is 15.2 Å². The number of nitrogens with zero attached hydrogens (tertiary/aromatic N) is 4. The van der Waals surface area contributed by atoms with Gasteiger partial charge in [-0.15, -0.1) is 0 Å². The maximum Gasteiger partial charge on any atom is 0.415 e. The second kappa shape index (κ2) is 8.19. The van der Waals surface area contributed by atoms with E-state index in [0.29, 0.717) is 41.4 Å². The zero-order valence-corrected chi connectivity index (χ0v) is 17.9. The number of para-hydroxylation sites is 1. The molecule has 1 atom stereocenters. The minimum Gasteiger partial charge on any atom is -0.486 e. The van der Waals surface area contributed by atoms with Gasteiger partial charge in [-0.25, -0.2) is 13.8 Å².